The van der Waals surface area contributed by atoms with Gasteiger partial charge in [-0.25, -0.2) is 16.5 Å². The van der Waals surface area contributed by atoms with Crippen LogP contribution in [0.5, 0.6) is 0 Å². The summed E-state index contributed by atoms with van der Waals surface area (Å²) in [7, 11) is 0. The van der Waals surface area contributed by atoms with Crippen molar-refractivity contribution in [2.75, 3.05) is 0 Å². The summed E-state index contributed by atoms with van der Waals surface area (Å²) in [6, 6.07) is 7.75. The largest absolute Gasteiger partial charge is 0.343 e. The third-order valence-electron chi connectivity index (χ3n) is 1.69. The Labute approximate surface area is 83.4 Å². The second-order valence-electron chi connectivity index (χ2n) is 2.70. The fourth-order valence-corrected chi connectivity index (χ4v) is 0.704. The minimum absolute atomic E-state index is 0.602. The topological polar surface area (TPSA) is 93.2 Å². The second kappa shape index (κ2) is 6.88. The van der Waals surface area contributed by atoms with Gasteiger partial charge in [0, 0.05) is 0 Å². The third-order valence-corrected chi connectivity index (χ3v) is 1.69. The fraction of sp³-hybridized carbons (Fsp3) is 0.222. The highest BCUT2D eigenvalue weighted by Crippen LogP contribution is 2.02. The van der Waals surface area contributed by atoms with E-state index in [9.17, 15) is 4.79 Å². The lowest BCUT2D eigenvalue weighted by Gasteiger charge is -1.93. The van der Waals surface area contributed by atoms with Gasteiger partial charge in [-0.05, 0) is 25.0 Å². The van der Waals surface area contributed by atoms with Crippen LogP contribution >= 0.6 is 0 Å². The van der Waals surface area contributed by atoms with Gasteiger partial charge in [0.2, 0.25) is 0 Å². The highest BCUT2D eigenvalue weighted by molar-refractivity contribution is 5.72. The molecule has 6 N–H and O–H groups in total. The first-order valence-corrected chi connectivity index (χ1v) is 4.11. The number of nitrogens with two attached hydrogens (primary N) is 2. The summed E-state index contributed by atoms with van der Waals surface area (Å²) in [6.07, 6.45) is 0. The Morgan fingerprint density at radius 2 is 1.43 bits per heavy atom. The third kappa shape index (κ3) is 5.13. The molecule has 78 valence electrons. The van der Waals surface area contributed by atoms with Crippen molar-refractivity contribution in [1.29, 1.82) is 0 Å². The van der Waals surface area contributed by atoms with E-state index in [-0.39, 0.29) is 0 Å². The average Bonchev–Trinajstić information content (AvgIpc) is 2.22. The molecule has 1 aromatic rings. The lowest BCUT2D eigenvalue weighted by atomic mass is 10.1. The number of amides is 2. The first kappa shape index (κ1) is 12.4. The highest BCUT2D eigenvalue weighted by Gasteiger charge is 1.84. The zero-order valence-corrected chi connectivity index (χ0v) is 8.37. The predicted molar refractivity (Wildman–Crippen MR) is 56.0 cm³/mol. The Kier molecular flexibility index (Phi) is 6.09. The number of hydrogen-bond donors (Lipinski definition) is 4. The van der Waals surface area contributed by atoms with Crippen LogP contribution < -0.4 is 22.5 Å². The van der Waals surface area contributed by atoms with E-state index in [1.165, 1.54) is 11.1 Å². The molecule has 0 aliphatic rings. The summed E-state index contributed by atoms with van der Waals surface area (Å²) < 4.78 is 0. The molecule has 0 spiro atoms. The number of carbonyl (C=O) groups is 1. The van der Waals surface area contributed by atoms with E-state index in [4.69, 9.17) is 0 Å². The molecule has 1 rings (SSSR count). The molecular formula is C9H16N4O. The molecule has 1 aromatic carbocycles. The van der Waals surface area contributed by atoms with Gasteiger partial charge >= 0.3 is 6.03 Å². The van der Waals surface area contributed by atoms with Crippen LogP contribution in [0.4, 0.5) is 4.79 Å². The molecule has 14 heavy (non-hydrogen) atoms. The lowest BCUT2D eigenvalue weighted by Crippen LogP contribution is -2.43. The van der Waals surface area contributed by atoms with E-state index in [1.807, 2.05) is 0 Å². The van der Waals surface area contributed by atoms with Gasteiger partial charge in [-0.15, -0.1) is 0 Å². The molecule has 0 unspecified atom stereocenters. The second-order valence-corrected chi connectivity index (χ2v) is 2.70. The molecule has 0 fully saturated rings. The van der Waals surface area contributed by atoms with Crippen molar-refractivity contribution in [3.63, 3.8) is 0 Å². The summed E-state index contributed by atoms with van der Waals surface area (Å²) >= 11 is 0. The van der Waals surface area contributed by atoms with Gasteiger partial charge in [0.05, 0.1) is 0 Å². The van der Waals surface area contributed by atoms with Crippen molar-refractivity contribution in [1.82, 2.24) is 10.9 Å². The summed E-state index contributed by atoms with van der Waals surface area (Å²) in [5, 5.41) is 0. The molecule has 2 amide bonds. The molecule has 5 heteroatoms. The Hall–Kier alpha value is -1.59. The molecule has 0 aliphatic carbocycles. The number of urea groups is 1. The van der Waals surface area contributed by atoms with Gasteiger partial charge in [0.15, 0.2) is 0 Å². The SMILES string of the molecule is Cc1ccccc1C.NNC(=O)NN. The fourth-order valence-electron chi connectivity index (χ4n) is 0.704. The molecular weight excluding hydrogens is 180 g/mol. The van der Waals surface area contributed by atoms with E-state index in [2.05, 4.69) is 49.8 Å². The van der Waals surface area contributed by atoms with Crippen LogP contribution in [0.3, 0.4) is 0 Å². The van der Waals surface area contributed by atoms with Crippen LogP contribution in [0.1, 0.15) is 11.1 Å². The summed E-state index contributed by atoms with van der Waals surface area (Å²) in [6.45, 7) is 4.24. The number of rotatable bonds is 0. The van der Waals surface area contributed by atoms with Crippen molar-refractivity contribution >= 4 is 6.03 Å². The van der Waals surface area contributed by atoms with Crippen LogP contribution in [0.2, 0.25) is 0 Å². The van der Waals surface area contributed by atoms with E-state index >= 15 is 0 Å². The maximum Gasteiger partial charge on any atom is 0.343 e. The van der Waals surface area contributed by atoms with E-state index < -0.39 is 6.03 Å². The van der Waals surface area contributed by atoms with Gasteiger partial charge in [-0.3, -0.25) is 10.9 Å². The lowest BCUT2D eigenvalue weighted by molar-refractivity contribution is 0.241. The summed E-state index contributed by atoms with van der Waals surface area (Å²) in [5.41, 5.74) is 6.22. The van der Waals surface area contributed by atoms with Gasteiger partial charge in [0.1, 0.15) is 0 Å². The van der Waals surface area contributed by atoms with Crippen molar-refractivity contribution in [3.05, 3.63) is 35.4 Å². The molecule has 0 atom stereocenters. The van der Waals surface area contributed by atoms with Crippen LogP contribution in [0, 0.1) is 13.8 Å². The molecule has 0 bridgehead atoms. The Morgan fingerprint density at radius 1 is 1.07 bits per heavy atom. The predicted octanol–water partition coefficient (Wildman–Crippen LogP) is 0.336. The quantitative estimate of drug-likeness (QED) is 0.274. The number of hydrazine groups is 2. The zero-order valence-electron chi connectivity index (χ0n) is 8.37. The highest BCUT2D eigenvalue weighted by atomic mass is 16.2. The van der Waals surface area contributed by atoms with Crippen LogP contribution in [-0.2, 0) is 0 Å². The maximum atomic E-state index is 9.71. The number of benzene rings is 1. The van der Waals surface area contributed by atoms with Crippen molar-refractivity contribution < 1.29 is 4.79 Å². The normalized spacial score (nSPS) is 8.29. The molecule has 0 saturated carbocycles. The van der Waals surface area contributed by atoms with Gasteiger partial charge in [-0.1, -0.05) is 24.3 Å². The molecule has 0 saturated heterocycles. The molecule has 5 nitrogen and oxygen atoms in total. The van der Waals surface area contributed by atoms with Gasteiger partial charge in [0.25, 0.3) is 0 Å². The Morgan fingerprint density at radius 3 is 1.57 bits per heavy atom. The number of hydrogen-bond acceptors (Lipinski definition) is 3. The molecule has 0 aromatic heterocycles. The standard InChI is InChI=1S/C8H10.CH6N4O/c1-7-5-3-4-6-8(7)2;2-4-1(6)5-3/h3-6H,1-2H3;2-3H2,(H2,4,5,6). The monoisotopic (exact) mass is 196 g/mol. The summed E-state index contributed by atoms with van der Waals surface area (Å²) in [5.74, 6) is 9.08. The Bertz CT molecular complexity index is 261. The summed E-state index contributed by atoms with van der Waals surface area (Å²) in [4.78, 5) is 9.71. The smallest absolute Gasteiger partial charge is 0.275 e. The Balaban J connectivity index is 0.000000255. The molecule has 0 aliphatic heterocycles. The first-order valence-electron chi connectivity index (χ1n) is 4.11. The van der Waals surface area contributed by atoms with Gasteiger partial charge in [-0.2, -0.15) is 0 Å². The molecule has 0 radical (unpaired) electrons. The van der Waals surface area contributed by atoms with Crippen molar-refractivity contribution in [2.24, 2.45) is 11.7 Å². The van der Waals surface area contributed by atoms with Gasteiger partial charge < -0.3 is 0 Å². The zero-order chi connectivity index (χ0) is 11.0. The van der Waals surface area contributed by atoms with Crippen molar-refractivity contribution in [3.8, 4) is 0 Å². The van der Waals surface area contributed by atoms with E-state index in [0.717, 1.165) is 0 Å². The first-order chi connectivity index (χ1) is 6.61. The molecule has 0 heterocycles. The number of aryl methyl sites for hydroxylation is 2. The van der Waals surface area contributed by atoms with E-state index in [0.29, 0.717) is 0 Å². The number of carbonyl (C=O) groups excluding carboxylic acids is 1. The van der Waals surface area contributed by atoms with Crippen molar-refractivity contribution in [2.45, 2.75) is 13.8 Å². The maximum absolute atomic E-state index is 9.71. The number of nitrogens with one attached hydrogen (secondary N) is 2. The van der Waals surface area contributed by atoms with E-state index in [1.54, 1.807) is 10.9 Å². The minimum Gasteiger partial charge on any atom is -0.275 e. The van der Waals surface area contributed by atoms with Crippen LogP contribution in [0.15, 0.2) is 24.3 Å². The van der Waals surface area contributed by atoms with Crippen LogP contribution in [0.25, 0.3) is 0 Å². The van der Waals surface area contributed by atoms with Crippen LogP contribution in [-0.4, -0.2) is 6.03 Å². The average molecular weight is 196 g/mol. The minimum atomic E-state index is -0.602.